The Morgan fingerprint density at radius 3 is 2.84 bits per heavy atom. The number of nitrogens with two attached hydrogens (primary N) is 1. The Morgan fingerprint density at radius 2 is 2.16 bits per heavy atom. The van der Waals surface area contributed by atoms with Crippen LogP contribution in [0.25, 0.3) is 0 Å². The Labute approximate surface area is 114 Å². The van der Waals surface area contributed by atoms with Crippen molar-refractivity contribution in [2.24, 2.45) is 5.73 Å². The number of benzene rings is 1. The first-order valence-corrected chi connectivity index (χ1v) is 6.95. The fourth-order valence-corrected chi connectivity index (χ4v) is 2.75. The number of carbonyl (C=O) groups excluding carboxylic acids is 1. The molecule has 4 nitrogen and oxygen atoms in total. The van der Waals surface area contributed by atoms with Crippen molar-refractivity contribution in [1.82, 2.24) is 4.90 Å². The van der Waals surface area contributed by atoms with E-state index < -0.39 is 6.10 Å². The minimum Gasteiger partial charge on any atom is -0.388 e. The van der Waals surface area contributed by atoms with E-state index in [0.717, 1.165) is 24.9 Å². The number of aliphatic hydroxyl groups excluding tert-OH is 1. The van der Waals surface area contributed by atoms with Gasteiger partial charge in [-0.3, -0.25) is 4.79 Å². The smallest absolute Gasteiger partial charge is 0.224 e. The van der Waals surface area contributed by atoms with Gasteiger partial charge in [-0.2, -0.15) is 0 Å². The number of carbonyl (C=O) groups is 1. The molecule has 1 fully saturated rings. The second-order valence-electron chi connectivity index (χ2n) is 5.08. The molecule has 1 saturated heterocycles. The molecular weight excluding hydrogens is 240 g/mol. The number of aliphatic hydroxyl groups is 1. The van der Waals surface area contributed by atoms with Crippen molar-refractivity contribution in [2.75, 3.05) is 13.1 Å². The maximum atomic E-state index is 11.9. The van der Waals surface area contributed by atoms with Crippen molar-refractivity contribution in [3.8, 4) is 0 Å². The van der Waals surface area contributed by atoms with E-state index in [1.807, 2.05) is 35.2 Å². The average molecular weight is 262 g/mol. The van der Waals surface area contributed by atoms with Gasteiger partial charge >= 0.3 is 0 Å². The van der Waals surface area contributed by atoms with Gasteiger partial charge in [0.25, 0.3) is 0 Å². The number of hydrogen-bond acceptors (Lipinski definition) is 3. The van der Waals surface area contributed by atoms with Gasteiger partial charge in [-0.1, -0.05) is 30.3 Å². The normalized spacial score (nSPS) is 20.5. The number of hydrogen-bond donors (Lipinski definition) is 2. The number of likely N-dealkylation sites (tertiary alicyclic amines) is 1. The molecule has 0 aromatic heterocycles. The maximum Gasteiger partial charge on any atom is 0.224 e. The predicted octanol–water partition coefficient (Wildman–Crippen LogP) is 1.45. The van der Waals surface area contributed by atoms with E-state index in [4.69, 9.17) is 5.73 Å². The van der Waals surface area contributed by atoms with Crippen LogP contribution in [0, 0.1) is 0 Å². The van der Waals surface area contributed by atoms with Gasteiger partial charge in [-0.25, -0.2) is 0 Å². The topological polar surface area (TPSA) is 66.6 Å². The first kappa shape index (κ1) is 14.0. The van der Waals surface area contributed by atoms with Crippen LogP contribution in [0.4, 0.5) is 0 Å². The van der Waals surface area contributed by atoms with Gasteiger partial charge in [0.1, 0.15) is 0 Å². The van der Waals surface area contributed by atoms with Crippen molar-refractivity contribution in [1.29, 1.82) is 0 Å². The van der Waals surface area contributed by atoms with Crippen LogP contribution < -0.4 is 5.73 Å². The first-order valence-electron chi connectivity index (χ1n) is 6.95. The Bertz CT molecular complexity index is 408. The van der Waals surface area contributed by atoms with Crippen LogP contribution in [-0.2, 0) is 4.79 Å². The molecule has 0 aliphatic carbocycles. The van der Waals surface area contributed by atoms with Crippen LogP contribution >= 0.6 is 0 Å². The molecule has 1 aliphatic heterocycles. The quantitative estimate of drug-likeness (QED) is 0.844. The van der Waals surface area contributed by atoms with Gasteiger partial charge < -0.3 is 15.7 Å². The maximum absolute atomic E-state index is 11.9. The van der Waals surface area contributed by atoms with Crippen LogP contribution in [-0.4, -0.2) is 35.0 Å². The SMILES string of the molecule is NCCC(=O)N1CCCC1CC(O)c1ccccc1. The molecule has 0 bridgehead atoms. The fourth-order valence-electron chi connectivity index (χ4n) is 2.75. The summed E-state index contributed by atoms with van der Waals surface area (Å²) < 4.78 is 0. The van der Waals surface area contributed by atoms with E-state index in [9.17, 15) is 9.90 Å². The van der Waals surface area contributed by atoms with E-state index in [0.29, 0.717) is 19.4 Å². The highest BCUT2D eigenvalue weighted by molar-refractivity contribution is 5.77. The Hall–Kier alpha value is -1.39. The minimum atomic E-state index is -0.502. The summed E-state index contributed by atoms with van der Waals surface area (Å²) in [5.41, 5.74) is 6.36. The average Bonchev–Trinajstić information content (AvgIpc) is 2.88. The molecule has 0 saturated carbocycles. The van der Waals surface area contributed by atoms with Crippen molar-refractivity contribution in [3.05, 3.63) is 35.9 Å². The highest BCUT2D eigenvalue weighted by Crippen LogP contribution is 2.27. The lowest BCUT2D eigenvalue weighted by molar-refractivity contribution is -0.132. The van der Waals surface area contributed by atoms with Gasteiger partial charge in [-0.15, -0.1) is 0 Å². The molecule has 1 aliphatic rings. The molecule has 1 aromatic carbocycles. The first-order chi connectivity index (χ1) is 9.22. The zero-order valence-corrected chi connectivity index (χ0v) is 11.2. The lowest BCUT2D eigenvalue weighted by Crippen LogP contribution is -2.37. The molecule has 2 atom stereocenters. The summed E-state index contributed by atoms with van der Waals surface area (Å²) in [5, 5.41) is 10.2. The second-order valence-corrected chi connectivity index (χ2v) is 5.08. The Balaban J connectivity index is 1.96. The molecule has 1 aromatic rings. The zero-order chi connectivity index (χ0) is 13.7. The summed E-state index contributed by atoms with van der Waals surface area (Å²) in [6.45, 7) is 1.19. The summed E-state index contributed by atoms with van der Waals surface area (Å²) in [6, 6.07) is 9.77. The van der Waals surface area contributed by atoms with Gasteiger partial charge in [0, 0.05) is 25.6 Å². The van der Waals surface area contributed by atoms with Crippen LogP contribution in [0.1, 0.15) is 37.4 Å². The molecule has 4 heteroatoms. The monoisotopic (exact) mass is 262 g/mol. The van der Waals surface area contributed by atoms with Gasteiger partial charge in [0.2, 0.25) is 5.91 Å². The molecule has 2 rings (SSSR count). The summed E-state index contributed by atoms with van der Waals surface area (Å²) >= 11 is 0. The molecule has 2 unspecified atom stereocenters. The van der Waals surface area contributed by atoms with Gasteiger partial charge in [0.05, 0.1) is 6.10 Å². The third-order valence-corrected chi connectivity index (χ3v) is 3.74. The predicted molar refractivity (Wildman–Crippen MR) is 74.4 cm³/mol. The lowest BCUT2D eigenvalue weighted by Gasteiger charge is -2.26. The van der Waals surface area contributed by atoms with E-state index in [1.54, 1.807) is 0 Å². The van der Waals surface area contributed by atoms with Crippen molar-refractivity contribution < 1.29 is 9.90 Å². The zero-order valence-electron chi connectivity index (χ0n) is 11.2. The third-order valence-electron chi connectivity index (χ3n) is 3.74. The van der Waals surface area contributed by atoms with Crippen LogP contribution in [0.5, 0.6) is 0 Å². The van der Waals surface area contributed by atoms with Crippen LogP contribution in [0.3, 0.4) is 0 Å². The molecule has 104 valence electrons. The van der Waals surface area contributed by atoms with Crippen molar-refractivity contribution in [2.45, 2.75) is 37.8 Å². The van der Waals surface area contributed by atoms with E-state index in [1.165, 1.54) is 0 Å². The van der Waals surface area contributed by atoms with Crippen molar-refractivity contribution in [3.63, 3.8) is 0 Å². The van der Waals surface area contributed by atoms with Crippen LogP contribution in [0.15, 0.2) is 30.3 Å². The number of rotatable bonds is 5. The fraction of sp³-hybridized carbons (Fsp3) is 0.533. The summed E-state index contributed by atoms with van der Waals surface area (Å²) in [6.07, 6.45) is 2.50. The van der Waals surface area contributed by atoms with Crippen LogP contribution in [0.2, 0.25) is 0 Å². The molecule has 1 heterocycles. The molecule has 19 heavy (non-hydrogen) atoms. The van der Waals surface area contributed by atoms with Crippen molar-refractivity contribution >= 4 is 5.91 Å². The molecule has 0 radical (unpaired) electrons. The number of amides is 1. The van der Waals surface area contributed by atoms with Gasteiger partial charge in [0.15, 0.2) is 0 Å². The summed E-state index contributed by atoms with van der Waals surface area (Å²) in [4.78, 5) is 13.8. The van der Waals surface area contributed by atoms with E-state index in [-0.39, 0.29) is 11.9 Å². The molecule has 1 amide bonds. The molecule has 0 spiro atoms. The summed E-state index contributed by atoms with van der Waals surface area (Å²) in [5.74, 6) is 0.116. The molecular formula is C15H22N2O2. The number of nitrogens with zero attached hydrogens (tertiary/aromatic N) is 1. The third kappa shape index (κ3) is 3.55. The second kappa shape index (κ2) is 6.68. The minimum absolute atomic E-state index is 0.116. The highest BCUT2D eigenvalue weighted by atomic mass is 16.3. The van der Waals surface area contributed by atoms with E-state index in [2.05, 4.69) is 0 Å². The molecule has 3 N–H and O–H groups in total. The lowest BCUT2D eigenvalue weighted by atomic mass is 10.0. The van der Waals surface area contributed by atoms with Gasteiger partial charge in [-0.05, 0) is 24.8 Å². The Kier molecular flexibility index (Phi) is 4.93. The van der Waals surface area contributed by atoms with E-state index >= 15 is 0 Å². The largest absolute Gasteiger partial charge is 0.388 e. The Morgan fingerprint density at radius 1 is 1.42 bits per heavy atom. The standard InChI is InChI=1S/C15H22N2O2/c16-9-8-15(19)17-10-4-7-13(17)11-14(18)12-5-2-1-3-6-12/h1-3,5-6,13-14,18H,4,7-11,16H2. The summed E-state index contributed by atoms with van der Waals surface area (Å²) in [7, 11) is 0. The highest BCUT2D eigenvalue weighted by Gasteiger charge is 2.29.